The van der Waals surface area contributed by atoms with Gasteiger partial charge in [0.25, 0.3) is 10.0 Å². The van der Waals surface area contributed by atoms with Crippen LogP contribution in [-0.4, -0.2) is 50.9 Å². The second-order valence-electron chi connectivity index (χ2n) is 11.4. The van der Waals surface area contributed by atoms with E-state index in [0.717, 1.165) is 15.4 Å². The Balaban J connectivity index is 1.89. The topological polar surface area (TPSA) is 96.0 Å². The highest BCUT2D eigenvalue weighted by Crippen LogP contribution is 2.35. The van der Waals surface area contributed by atoms with E-state index in [9.17, 15) is 18.0 Å². The molecule has 2 unspecified atom stereocenters. The van der Waals surface area contributed by atoms with Crippen LogP contribution in [0.5, 0.6) is 5.75 Å². The number of carbonyl (C=O) groups is 2. The molecule has 254 valence electrons. The Hall–Kier alpha value is -3.76. The highest BCUT2D eigenvalue weighted by Gasteiger charge is 2.36. The second kappa shape index (κ2) is 16.6. The number of rotatable bonds is 14. The van der Waals surface area contributed by atoms with E-state index in [0.29, 0.717) is 22.0 Å². The number of nitrogens with zero attached hydrogens (tertiary/aromatic N) is 2. The summed E-state index contributed by atoms with van der Waals surface area (Å²) in [5, 5.41) is 3.82. The lowest BCUT2D eigenvalue weighted by molar-refractivity contribution is -0.140. The molecule has 12 heteroatoms. The zero-order valence-corrected chi connectivity index (χ0v) is 30.2. The third kappa shape index (κ3) is 9.02. The Bertz CT molecular complexity index is 1820. The van der Waals surface area contributed by atoms with Gasteiger partial charge in [-0.25, -0.2) is 8.42 Å². The van der Waals surface area contributed by atoms with E-state index in [-0.39, 0.29) is 40.4 Å². The van der Waals surface area contributed by atoms with Gasteiger partial charge in [-0.3, -0.25) is 13.9 Å². The molecule has 0 heterocycles. The van der Waals surface area contributed by atoms with Gasteiger partial charge < -0.3 is 15.0 Å². The molecule has 4 rings (SSSR count). The fourth-order valence-corrected chi connectivity index (χ4v) is 7.16. The maximum atomic E-state index is 14.7. The lowest BCUT2D eigenvalue weighted by Crippen LogP contribution is -2.54. The van der Waals surface area contributed by atoms with Crippen molar-refractivity contribution in [3.63, 3.8) is 0 Å². The number of halogens is 3. The maximum absolute atomic E-state index is 14.7. The van der Waals surface area contributed by atoms with Crippen LogP contribution in [0.15, 0.2) is 95.9 Å². The molecule has 4 aromatic rings. The van der Waals surface area contributed by atoms with Gasteiger partial charge in [-0.2, -0.15) is 0 Å². The lowest BCUT2D eigenvalue weighted by atomic mass is 10.0. The summed E-state index contributed by atoms with van der Waals surface area (Å²) in [5.74, 6) is -0.902. The van der Waals surface area contributed by atoms with Gasteiger partial charge in [0, 0.05) is 39.6 Å². The fraction of sp³-hybridized carbons (Fsp3) is 0.278. The molecule has 1 N–H and O–H groups in total. The monoisotopic (exact) mass is 729 g/mol. The number of hydrogen-bond donors (Lipinski definition) is 1. The first-order valence-electron chi connectivity index (χ1n) is 15.3. The van der Waals surface area contributed by atoms with E-state index < -0.39 is 34.4 Å². The van der Waals surface area contributed by atoms with Crippen molar-refractivity contribution >= 4 is 62.3 Å². The van der Waals surface area contributed by atoms with E-state index in [1.165, 1.54) is 36.3 Å². The molecule has 0 saturated carbocycles. The minimum atomic E-state index is -4.37. The predicted octanol–water partition coefficient (Wildman–Crippen LogP) is 7.71. The predicted molar refractivity (Wildman–Crippen MR) is 193 cm³/mol. The van der Waals surface area contributed by atoms with Crippen molar-refractivity contribution in [2.24, 2.45) is 0 Å². The van der Waals surface area contributed by atoms with Gasteiger partial charge in [-0.05, 0) is 68.3 Å². The zero-order chi connectivity index (χ0) is 35.0. The van der Waals surface area contributed by atoms with Crippen LogP contribution in [-0.2, 0) is 32.6 Å². The molecule has 0 saturated heterocycles. The summed E-state index contributed by atoms with van der Waals surface area (Å²) in [6.45, 7) is 4.78. The summed E-state index contributed by atoms with van der Waals surface area (Å²) in [6.07, 6.45) is 0.799. The number of benzene rings is 4. The van der Waals surface area contributed by atoms with Gasteiger partial charge in [-0.1, -0.05) is 95.8 Å². The molecule has 0 radical (unpaired) electrons. The van der Waals surface area contributed by atoms with Crippen LogP contribution in [0.2, 0.25) is 15.1 Å². The SMILES string of the molecule is CCC(C)NC(=O)C(Cc1ccccc1)N(Cc1c(Cl)cccc1Cl)C(=O)CN(c1cc(Cl)ccc1OC)S(=O)(=O)c1ccc(C)cc1. The number of anilines is 1. The molecular weight excluding hydrogens is 693 g/mol. The maximum Gasteiger partial charge on any atom is 0.264 e. The molecule has 2 amide bonds. The molecule has 8 nitrogen and oxygen atoms in total. The Kier molecular flexibility index (Phi) is 12.8. The highest BCUT2D eigenvalue weighted by atomic mass is 35.5. The number of amides is 2. The van der Waals surface area contributed by atoms with E-state index in [4.69, 9.17) is 39.5 Å². The molecule has 4 aromatic carbocycles. The molecule has 0 bridgehead atoms. The number of methoxy groups -OCH3 is 1. The van der Waals surface area contributed by atoms with Crippen LogP contribution < -0.4 is 14.4 Å². The van der Waals surface area contributed by atoms with Crippen LogP contribution in [0.3, 0.4) is 0 Å². The Labute approximate surface area is 297 Å². The van der Waals surface area contributed by atoms with Crippen LogP contribution >= 0.6 is 34.8 Å². The number of hydrogen-bond acceptors (Lipinski definition) is 5. The molecule has 0 aliphatic heterocycles. The minimum absolute atomic E-state index is 0.0426. The highest BCUT2D eigenvalue weighted by molar-refractivity contribution is 7.92. The smallest absolute Gasteiger partial charge is 0.264 e. The summed E-state index contributed by atoms with van der Waals surface area (Å²) in [4.78, 5) is 30.1. The van der Waals surface area contributed by atoms with E-state index in [1.54, 1.807) is 36.4 Å². The van der Waals surface area contributed by atoms with E-state index >= 15 is 0 Å². The van der Waals surface area contributed by atoms with Gasteiger partial charge in [0.15, 0.2) is 0 Å². The Morgan fingerprint density at radius 3 is 2.15 bits per heavy atom. The third-order valence-electron chi connectivity index (χ3n) is 7.96. The average Bonchev–Trinajstić information content (AvgIpc) is 3.06. The molecular formula is C36H38Cl3N3O5S. The molecule has 48 heavy (non-hydrogen) atoms. The largest absolute Gasteiger partial charge is 0.495 e. The van der Waals surface area contributed by atoms with Gasteiger partial charge in [-0.15, -0.1) is 0 Å². The van der Waals surface area contributed by atoms with Crippen molar-refractivity contribution in [2.75, 3.05) is 18.0 Å². The van der Waals surface area contributed by atoms with Gasteiger partial charge in [0.2, 0.25) is 11.8 Å². The number of carbonyl (C=O) groups excluding carboxylic acids is 2. The molecule has 0 aliphatic rings. The normalized spacial score (nSPS) is 12.6. The molecule has 0 aromatic heterocycles. The summed E-state index contributed by atoms with van der Waals surface area (Å²) < 4.78 is 35.2. The molecule has 0 aliphatic carbocycles. The lowest BCUT2D eigenvalue weighted by Gasteiger charge is -2.35. The van der Waals surface area contributed by atoms with Gasteiger partial charge in [0.1, 0.15) is 18.3 Å². The summed E-state index contributed by atoms with van der Waals surface area (Å²) in [5.41, 5.74) is 2.12. The average molecular weight is 731 g/mol. The van der Waals surface area contributed by atoms with E-state index in [1.807, 2.05) is 51.1 Å². The first-order valence-corrected chi connectivity index (χ1v) is 17.9. The first kappa shape index (κ1) is 37.1. The fourth-order valence-electron chi connectivity index (χ4n) is 5.06. The number of aryl methyl sites for hydroxylation is 1. The Morgan fingerprint density at radius 1 is 0.896 bits per heavy atom. The van der Waals surface area contributed by atoms with Crippen LogP contribution in [0.1, 0.15) is 37.0 Å². The zero-order valence-electron chi connectivity index (χ0n) is 27.1. The standard InChI is InChI=1S/C36H38Cl3N3O5S/c1-5-25(3)40-36(44)33(20-26-10-7-6-8-11-26)41(22-29-30(38)12-9-13-31(29)39)35(43)23-42(32-21-27(37)16-19-34(32)47-4)48(45,46)28-17-14-24(2)15-18-28/h6-19,21,25,33H,5,20,22-23H2,1-4H3,(H,40,44). The van der Waals surface area contributed by atoms with E-state index in [2.05, 4.69) is 5.32 Å². The molecule has 2 atom stereocenters. The molecule has 0 spiro atoms. The van der Waals surface area contributed by atoms with Crippen molar-refractivity contribution in [1.82, 2.24) is 10.2 Å². The van der Waals surface area contributed by atoms with Gasteiger partial charge >= 0.3 is 0 Å². The van der Waals surface area contributed by atoms with Crippen molar-refractivity contribution in [3.8, 4) is 5.75 Å². The van der Waals surface area contributed by atoms with Crippen LogP contribution in [0.25, 0.3) is 0 Å². The number of ether oxygens (including phenoxy) is 1. The van der Waals surface area contributed by atoms with Crippen molar-refractivity contribution in [1.29, 1.82) is 0 Å². The van der Waals surface area contributed by atoms with Gasteiger partial charge in [0.05, 0.1) is 17.7 Å². The number of nitrogens with one attached hydrogen (secondary N) is 1. The number of sulfonamides is 1. The third-order valence-corrected chi connectivity index (χ3v) is 10.7. The Morgan fingerprint density at radius 2 is 1.54 bits per heavy atom. The van der Waals surface area contributed by atoms with Crippen molar-refractivity contribution < 1.29 is 22.7 Å². The summed E-state index contributed by atoms with van der Waals surface area (Å²) >= 11 is 19.6. The van der Waals surface area contributed by atoms with Crippen molar-refractivity contribution in [2.45, 2.75) is 57.1 Å². The minimum Gasteiger partial charge on any atom is -0.495 e. The van der Waals surface area contributed by atoms with Crippen LogP contribution in [0.4, 0.5) is 5.69 Å². The molecule has 0 fully saturated rings. The summed E-state index contributed by atoms with van der Waals surface area (Å²) in [7, 11) is -2.98. The van der Waals surface area contributed by atoms with Crippen LogP contribution in [0, 0.1) is 6.92 Å². The summed E-state index contributed by atoms with van der Waals surface area (Å²) in [6, 6.07) is 23.8. The quantitative estimate of drug-likeness (QED) is 0.143. The second-order valence-corrected chi connectivity index (χ2v) is 14.5. The first-order chi connectivity index (χ1) is 22.8. The van der Waals surface area contributed by atoms with Crippen molar-refractivity contribution in [3.05, 3.63) is 123 Å².